The normalized spacial score (nSPS) is 16.4. The van der Waals surface area contributed by atoms with Gasteiger partial charge in [-0.25, -0.2) is 4.98 Å². The number of hydrogen-bond donors (Lipinski definition) is 1. The lowest BCUT2D eigenvalue weighted by atomic mass is 9.78. The zero-order valence-corrected chi connectivity index (χ0v) is 11.2. The summed E-state index contributed by atoms with van der Waals surface area (Å²) in [6, 6.07) is 0.784. The van der Waals surface area contributed by atoms with Gasteiger partial charge in [-0.2, -0.15) is 5.10 Å². The molecular weight excluding hydrogens is 212 g/mol. The van der Waals surface area contributed by atoms with Gasteiger partial charge in [-0.3, -0.25) is 4.68 Å². The Bertz CT molecular complexity index is 350. The predicted octanol–water partition coefficient (Wildman–Crippen LogP) is 1.92. The van der Waals surface area contributed by atoms with E-state index in [1.54, 1.807) is 6.33 Å². The third-order valence-electron chi connectivity index (χ3n) is 4.18. The van der Waals surface area contributed by atoms with Crippen LogP contribution in [0.1, 0.15) is 45.4 Å². The minimum Gasteiger partial charge on any atom is -0.313 e. The molecule has 0 atom stereocenters. The molecule has 0 aliphatic heterocycles. The molecule has 1 saturated carbocycles. The summed E-state index contributed by atoms with van der Waals surface area (Å²) >= 11 is 0. The van der Waals surface area contributed by atoms with Gasteiger partial charge in [0.2, 0.25) is 0 Å². The van der Waals surface area contributed by atoms with Gasteiger partial charge in [0, 0.05) is 26.1 Å². The van der Waals surface area contributed by atoms with Crippen molar-refractivity contribution in [3.63, 3.8) is 0 Å². The van der Waals surface area contributed by atoms with E-state index in [2.05, 4.69) is 29.2 Å². The summed E-state index contributed by atoms with van der Waals surface area (Å²) in [4.78, 5) is 4.36. The molecule has 4 nitrogen and oxygen atoms in total. The molecule has 1 heterocycles. The highest BCUT2D eigenvalue weighted by atomic mass is 15.3. The molecule has 1 N–H and O–H groups in total. The highest BCUT2D eigenvalue weighted by Crippen LogP contribution is 2.31. The van der Waals surface area contributed by atoms with E-state index in [-0.39, 0.29) is 0 Å². The molecule has 2 rings (SSSR count). The molecule has 96 valence electrons. The minimum absolute atomic E-state index is 0.337. The number of hydrogen-bond acceptors (Lipinski definition) is 3. The first kappa shape index (κ1) is 12.6. The molecule has 1 fully saturated rings. The molecule has 0 saturated heterocycles. The first-order valence-electron chi connectivity index (χ1n) is 6.75. The monoisotopic (exact) mass is 236 g/mol. The van der Waals surface area contributed by atoms with Crippen LogP contribution in [0.4, 0.5) is 0 Å². The van der Waals surface area contributed by atoms with Crippen molar-refractivity contribution < 1.29 is 0 Å². The van der Waals surface area contributed by atoms with Gasteiger partial charge in [0.15, 0.2) is 0 Å². The van der Waals surface area contributed by atoms with Crippen LogP contribution in [0.25, 0.3) is 0 Å². The molecule has 0 aromatic carbocycles. The highest BCUT2D eigenvalue weighted by Gasteiger charge is 2.31. The smallest absolute Gasteiger partial charge is 0.138 e. The maximum absolute atomic E-state index is 4.36. The second kappa shape index (κ2) is 5.17. The third kappa shape index (κ3) is 3.06. The fraction of sp³-hybridized carbons (Fsp3) is 0.846. The van der Waals surface area contributed by atoms with Crippen molar-refractivity contribution in [1.29, 1.82) is 0 Å². The van der Waals surface area contributed by atoms with Crippen LogP contribution in [-0.2, 0) is 13.5 Å². The van der Waals surface area contributed by atoms with E-state index in [0.717, 1.165) is 24.8 Å². The summed E-state index contributed by atoms with van der Waals surface area (Å²) in [6.07, 6.45) is 7.77. The molecule has 17 heavy (non-hydrogen) atoms. The maximum Gasteiger partial charge on any atom is 0.138 e. The van der Waals surface area contributed by atoms with Crippen LogP contribution in [0, 0.1) is 5.41 Å². The van der Waals surface area contributed by atoms with Crippen LogP contribution in [0.15, 0.2) is 6.33 Å². The highest BCUT2D eigenvalue weighted by molar-refractivity contribution is 4.95. The molecule has 1 aromatic rings. The lowest BCUT2D eigenvalue weighted by Gasteiger charge is -2.31. The van der Waals surface area contributed by atoms with E-state index >= 15 is 0 Å². The van der Waals surface area contributed by atoms with Crippen LogP contribution < -0.4 is 5.32 Å². The van der Waals surface area contributed by atoms with Crippen LogP contribution in [0.2, 0.25) is 0 Å². The van der Waals surface area contributed by atoms with Crippen LogP contribution >= 0.6 is 0 Å². The Hall–Kier alpha value is -0.900. The van der Waals surface area contributed by atoms with Crippen molar-refractivity contribution in [1.82, 2.24) is 20.1 Å². The van der Waals surface area contributed by atoms with Crippen LogP contribution in [0.5, 0.6) is 0 Å². The Morgan fingerprint density at radius 3 is 2.59 bits per heavy atom. The van der Waals surface area contributed by atoms with E-state index in [1.165, 1.54) is 25.7 Å². The van der Waals surface area contributed by atoms with E-state index in [1.807, 2.05) is 11.7 Å². The second-order valence-corrected chi connectivity index (χ2v) is 5.34. The van der Waals surface area contributed by atoms with E-state index in [0.29, 0.717) is 5.41 Å². The summed E-state index contributed by atoms with van der Waals surface area (Å²) in [5.74, 6) is 1.10. The van der Waals surface area contributed by atoms with Gasteiger partial charge in [-0.05, 0) is 31.1 Å². The van der Waals surface area contributed by atoms with Crippen molar-refractivity contribution in [2.24, 2.45) is 12.5 Å². The van der Waals surface area contributed by atoms with Gasteiger partial charge < -0.3 is 5.32 Å². The van der Waals surface area contributed by atoms with Gasteiger partial charge in [0.1, 0.15) is 12.2 Å². The molecule has 1 aliphatic carbocycles. The Morgan fingerprint density at radius 2 is 2.12 bits per heavy atom. The third-order valence-corrected chi connectivity index (χ3v) is 4.18. The zero-order valence-electron chi connectivity index (χ0n) is 11.2. The van der Waals surface area contributed by atoms with Crippen molar-refractivity contribution in [3.05, 3.63) is 12.2 Å². The summed E-state index contributed by atoms with van der Waals surface area (Å²) in [7, 11) is 1.98. The standard InChI is InChI=1S/C13H24N4/c1-4-13(5-2,9-14-11-6-7-11)8-12-15-10-16-17(12)3/h10-11,14H,4-9H2,1-3H3. The van der Waals surface area contributed by atoms with Gasteiger partial charge >= 0.3 is 0 Å². The molecular formula is C13H24N4. The van der Waals surface area contributed by atoms with Crippen LogP contribution in [-0.4, -0.2) is 27.4 Å². The average Bonchev–Trinajstić information content (AvgIpc) is 3.10. The maximum atomic E-state index is 4.36. The average molecular weight is 236 g/mol. The van der Waals surface area contributed by atoms with E-state index in [4.69, 9.17) is 0 Å². The second-order valence-electron chi connectivity index (χ2n) is 5.34. The summed E-state index contributed by atoms with van der Waals surface area (Å²) < 4.78 is 1.90. The topological polar surface area (TPSA) is 42.7 Å². The number of aryl methyl sites for hydroxylation is 1. The number of nitrogens with zero attached hydrogens (tertiary/aromatic N) is 3. The molecule has 0 bridgehead atoms. The Morgan fingerprint density at radius 1 is 1.41 bits per heavy atom. The molecule has 0 spiro atoms. The minimum atomic E-state index is 0.337. The summed E-state index contributed by atoms with van der Waals surface area (Å²) in [5, 5.41) is 7.84. The first-order chi connectivity index (χ1) is 8.19. The zero-order chi connectivity index (χ0) is 12.3. The van der Waals surface area contributed by atoms with Crippen LogP contribution in [0.3, 0.4) is 0 Å². The number of nitrogens with one attached hydrogen (secondary N) is 1. The van der Waals surface area contributed by atoms with Crippen molar-refractivity contribution >= 4 is 0 Å². The Labute approximate surface area is 104 Å². The van der Waals surface area contributed by atoms with Gasteiger partial charge in [0.25, 0.3) is 0 Å². The quantitative estimate of drug-likeness (QED) is 0.786. The summed E-state index contributed by atoms with van der Waals surface area (Å²) in [5.41, 5.74) is 0.337. The summed E-state index contributed by atoms with van der Waals surface area (Å²) in [6.45, 7) is 5.68. The molecule has 1 aliphatic rings. The predicted molar refractivity (Wildman–Crippen MR) is 68.7 cm³/mol. The Kier molecular flexibility index (Phi) is 3.82. The van der Waals surface area contributed by atoms with E-state index < -0.39 is 0 Å². The molecule has 1 aromatic heterocycles. The molecule has 0 unspecified atom stereocenters. The fourth-order valence-electron chi connectivity index (χ4n) is 2.28. The van der Waals surface area contributed by atoms with Gasteiger partial charge in [-0.1, -0.05) is 13.8 Å². The lowest BCUT2D eigenvalue weighted by Crippen LogP contribution is -2.37. The molecule has 0 amide bonds. The Balaban J connectivity index is 2.01. The largest absolute Gasteiger partial charge is 0.313 e. The molecule has 0 radical (unpaired) electrons. The first-order valence-corrected chi connectivity index (χ1v) is 6.75. The van der Waals surface area contributed by atoms with Crippen molar-refractivity contribution in [2.75, 3.05) is 6.54 Å². The van der Waals surface area contributed by atoms with E-state index in [9.17, 15) is 0 Å². The van der Waals surface area contributed by atoms with Gasteiger partial charge in [0.05, 0.1) is 0 Å². The van der Waals surface area contributed by atoms with Crippen molar-refractivity contribution in [2.45, 2.75) is 52.0 Å². The SMILES string of the molecule is CCC(CC)(CNC1CC1)Cc1ncnn1C. The number of rotatable bonds is 7. The fourth-order valence-corrected chi connectivity index (χ4v) is 2.28. The van der Waals surface area contributed by atoms with Gasteiger partial charge in [-0.15, -0.1) is 0 Å². The lowest BCUT2D eigenvalue weighted by molar-refractivity contribution is 0.238. The van der Waals surface area contributed by atoms with Crippen molar-refractivity contribution in [3.8, 4) is 0 Å². The number of aromatic nitrogens is 3. The molecule has 4 heteroatoms.